The van der Waals surface area contributed by atoms with Crippen molar-refractivity contribution < 1.29 is 14.6 Å². The first-order chi connectivity index (χ1) is 17.9. The van der Waals surface area contributed by atoms with Gasteiger partial charge in [0.25, 0.3) is 0 Å². The van der Waals surface area contributed by atoms with E-state index in [2.05, 4.69) is 42.2 Å². The van der Waals surface area contributed by atoms with Gasteiger partial charge in [-0.15, -0.1) is 0 Å². The number of benzene rings is 3. The molecule has 37 heavy (non-hydrogen) atoms. The molecule has 6 heteroatoms. The molecule has 0 radical (unpaired) electrons. The molecule has 3 aromatic rings. The van der Waals surface area contributed by atoms with Crippen molar-refractivity contribution in [3.05, 3.63) is 83.4 Å². The predicted octanol–water partition coefficient (Wildman–Crippen LogP) is 5.90. The summed E-state index contributed by atoms with van der Waals surface area (Å²) < 4.78 is 6.07. The number of piperidine rings is 1. The number of aliphatic imine (C=N–C) groups is 1. The van der Waals surface area contributed by atoms with Gasteiger partial charge in [-0.05, 0) is 60.7 Å². The van der Waals surface area contributed by atoms with Crippen molar-refractivity contribution in [2.45, 2.75) is 51.3 Å². The topological polar surface area (TPSA) is 65.4 Å². The predicted molar refractivity (Wildman–Crippen MR) is 145 cm³/mol. The quantitative estimate of drug-likeness (QED) is 0.481. The number of nitrogens with zero attached hydrogens (tertiary/aromatic N) is 3. The van der Waals surface area contributed by atoms with Crippen LogP contribution < -0.4 is 4.74 Å². The van der Waals surface area contributed by atoms with Crippen LogP contribution in [0.25, 0.3) is 11.1 Å². The van der Waals surface area contributed by atoms with Crippen LogP contribution in [0.15, 0.2) is 71.7 Å². The van der Waals surface area contributed by atoms with E-state index < -0.39 is 5.60 Å². The molecular weight excluding hydrogens is 462 g/mol. The van der Waals surface area contributed by atoms with Crippen LogP contribution in [0.2, 0.25) is 0 Å². The van der Waals surface area contributed by atoms with E-state index in [1.165, 1.54) is 5.56 Å². The number of hydrogen-bond donors (Lipinski definition) is 1. The molecule has 6 nitrogen and oxygen atoms in total. The van der Waals surface area contributed by atoms with Gasteiger partial charge in [-0.25, -0.2) is 4.79 Å². The molecule has 0 unspecified atom stereocenters. The third-order valence-electron chi connectivity index (χ3n) is 7.82. The monoisotopic (exact) mass is 495 g/mol. The average Bonchev–Trinajstić information content (AvgIpc) is 3.13. The second-order valence-corrected chi connectivity index (χ2v) is 10.8. The Hall–Kier alpha value is -3.64. The van der Waals surface area contributed by atoms with E-state index >= 15 is 0 Å². The second-order valence-electron chi connectivity index (χ2n) is 10.8. The van der Waals surface area contributed by atoms with Gasteiger partial charge < -0.3 is 19.6 Å². The van der Waals surface area contributed by atoms with Gasteiger partial charge >= 0.3 is 6.03 Å². The maximum atomic E-state index is 13.9. The van der Waals surface area contributed by atoms with Gasteiger partial charge in [0.05, 0.1) is 30.4 Å². The number of amides is 2. The molecule has 0 bridgehead atoms. The van der Waals surface area contributed by atoms with Crippen LogP contribution in [0, 0.1) is 0 Å². The standard InChI is InChI=1S/C31H33N3O3/c1-21-16-25-9-8-24(18-27(25)32-21)23-10-11-29-26(17-23)20-33(14-15-37-29)30(35)34-13-12-31(2,36)19-28(34)22-6-4-3-5-7-22/h3-11,17-18,28,36H,12-16,19-20H2,1-2H3/t28-,31+/m1/s1. The maximum absolute atomic E-state index is 13.9. The van der Waals surface area contributed by atoms with E-state index in [-0.39, 0.29) is 12.1 Å². The van der Waals surface area contributed by atoms with Crippen LogP contribution in [-0.4, -0.2) is 51.9 Å². The molecule has 3 aliphatic rings. The van der Waals surface area contributed by atoms with E-state index in [1.807, 2.05) is 53.1 Å². The Labute approximate surface area is 218 Å². The van der Waals surface area contributed by atoms with Crippen molar-refractivity contribution in [2.75, 3.05) is 19.7 Å². The second kappa shape index (κ2) is 9.34. The summed E-state index contributed by atoms with van der Waals surface area (Å²) in [5.41, 5.74) is 6.93. The third-order valence-corrected chi connectivity index (χ3v) is 7.82. The highest BCUT2D eigenvalue weighted by Gasteiger charge is 2.39. The molecule has 0 aromatic heterocycles. The van der Waals surface area contributed by atoms with Gasteiger partial charge in [-0.1, -0.05) is 48.5 Å². The fraction of sp³-hybridized carbons (Fsp3) is 0.355. The largest absolute Gasteiger partial charge is 0.491 e. The van der Waals surface area contributed by atoms with E-state index in [1.54, 1.807) is 0 Å². The lowest BCUT2D eigenvalue weighted by molar-refractivity contribution is -0.0256. The molecular formula is C31H33N3O3. The van der Waals surface area contributed by atoms with Crippen LogP contribution in [0.3, 0.4) is 0 Å². The molecule has 1 saturated heterocycles. The first kappa shape index (κ1) is 23.7. The highest BCUT2D eigenvalue weighted by atomic mass is 16.5. The van der Waals surface area contributed by atoms with E-state index in [9.17, 15) is 9.90 Å². The summed E-state index contributed by atoms with van der Waals surface area (Å²) in [6, 6.07) is 22.6. The zero-order valence-corrected chi connectivity index (χ0v) is 21.5. The molecule has 0 saturated carbocycles. The number of carbonyl (C=O) groups is 1. The first-order valence-corrected chi connectivity index (χ1v) is 13.1. The lowest BCUT2D eigenvalue weighted by Gasteiger charge is -2.44. The van der Waals surface area contributed by atoms with Gasteiger partial charge in [0, 0.05) is 30.7 Å². The lowest BCUT2D eigenvalue weighted by atomic mass is 9.85. The molecule has 3 aromatic carbocycles. The minimum Gasteiger partial charge on any atom is -0.491 e. The molecule has 190 valence electrons. The van der Waals surface area contributed by atoms with Gasteiger partial charge in [-0.2, -0.15) is 0 Å². The maximum Gasteiger partial charge on any atom is 0.320 e. The minimum absolute atomic E-state index is 0.00597. The number of fused-ring (bicyclic) bond motifs is 2. The summed E-state index contributed by atoms with van der Waals surface area (Å²) in [5.74, 6) is 0.829. The smallest absolute Gasteiger partial charge is 0.320 e. The normalized spacial score (nSPS) is 23.0. The zero-order valence-electron chi connectivity index (χ0n) is 21.5. The van der Waals surface area contributed by atoms with Crippen molar-refractivity contribution in [3.8, 4) is 16.9 Å². The Morgan fingerprint density at radius 2 is 1.81 bits per heavy atom. The third kappa shape index (κ3) is 4.74. The fourth-order valence-electron chi connectivity index (χ4n) is 5.78. The number of hydrogen-bond acceptors (Lipinski definition) is 4. The summed E-state index contributed by atoms with van der Waals surface area (Å²) >= 11 is 0. The highest BCUT2D eigenvalue weighted by Crippen LogP contribution is 2.38. The van der Waals surface area contributed by atoms with Crippen molar-refractivity contribution in [2.24, 2.45) is 4.99 Å². The average molecular weight is 496 g/mol. The van der Waals surface area contributed by atoms with Crippen molar-refractivity contribution in [1.29, 1.82) is 0 Å². The minimum atomic E-state index is -0.793. The molecule has 3 aliphatic heterocycles. The lowest BCUT2D eigenvalue weighted by Crippen LogP contribution is -2.51. The zero-order chi connectivity index (χ0) is 25.6. The molecule has 3 heterocycles. The van der Waals surface area contributed by atoms with Gasteiger partial charge in [0.1, 0.15) is 12.4 Å². The first-order valence-electron chi connectivity index (χ1n) is 13.1. The Bertz CT molecular complexity index is 1370. The number of ether oxygens (including phenoxy) is 1. The highest BCUT2D eigenvalue weighted by molar-refractivity contribution is 5.93. The molecule has 2 atom stereocenters. The Morgan fingerprint density at radius 1 is 1.03 bits per heavy atom. The van der Waals surface area contributed by atoms with Gasteiger partial charge in [0.2, 0.25) is 0 Å². The molecule has 0 aliphatic carbocycles. The number of urea groups is 1. The van der Waals surface area contributed by atoms with Crippen molar-refractivity contribution in [3.63, 3.8) is 0 Å². The van der Waals surface area contributed by atoms with Crippen LogP contribution >= 0.6 is 0 Å². The molecule has 1 fully saturated rings. The van der Waals surface area contributed by atoms with E-state index in [0.717, 1.165) is 45.8 Å². The Kier molecular flexibility index (Phi) is 6.00. The van der Waals surface area contributed by atoms with Gasteiger partial charge in [-0.3, -0.25) is 4.99 Å². The number of aliphatic hydroxyl groups is 1. The summed E-state index contributed by atoms with van der Waals surface area (Å²) in [7, 11) is 0. The van der Waals surface area contributed by atoms with E-state index in [4.69, 9.17) is 4.74 Å². The summed E-state index contributed by atoms with van der Waals surface area (Å²) in [4.78, 5) is 22.4. The number of carbonyl (C=O) groups excluding carboxylic acids is 1. The van der Waals surface area contributed by atoms with Gasteiger partial charge in [0.15, 0.2) is 0 Å². The molecule has 6 rings (SSSR count). The van der Waals surface area contributed by atoms with Crippen molar-refractivity contribution in [1.82, 2.24) is 9.80 Å². The van der Waals surface area contributed by atoms with Crippen molar-refractivity contribution >= 4 is 17.4 Å². The number of likely N-dealkylation sites (tertiary alicyclic amines) is 1. The summed E-state index contributed by atoms with van der Waals surface area (Å²) in [6.07, 6.45) is 2.00. The Morgan fingerprint density at radius 3 is 2.65 bits per heavy atom. The van der Waals surface area contributed by atoms with Crippen LogP contribution in [0.5, 0.6) is 5.75 Å². The summed E-state index contributed by atoms with van der Waals surface area (Å²) in [6.45, 7) is 5.91. The summed E-state index contributed by atoms with van der Waals surface area (Å²) in [5, 5.41) is 10.8. The molecule has 1 N–H and O–H groups in total. The number of rotatable bonds is 2. The van der Waals surface area contributed by atoms with Crippen LogP contribution in [0.1, 0.15) is 49.4 Å². The van der Waals surface area contributed by atoms with Crippen LogP contribution in [-0.2, 0) is 13.0 Å². The molecule has 2 amide bonds. The molecule has 0 spiro atoms. The Balaban J connectivity index is 1.27. The SMILES string of the molecule is CC1=Nc2cc(-c3ccc4c(c3)CN(C(=O)N3CC[C@](C)(O)C[C@@H]3c3ccccc3)CCO4)ccc2C1. The fourth-order valence-corrected chi connectivity index (χ4v) is 5.78. The van der Waals surface area contributed by atoms with E-state index in [0.29, 0.717) is 39.1 Å². The van der Waals surface area contributed by atoms with Crippen LogP contribution in [0.4, 0.5) is 10.5 Å².